The van der Waals surface area contributed by atoms with Crippen molar-refractivity contribution in [2.75, 3.05) is 19.0 Å². The van der Waals surface area contributed by atoms with E-state index in [2.05, 4.69) is 15.3 Å². The Kier molecular flexibility index (Phi) is 5.16. The predicted octanol–water partition coefficient (Wildman–Crippen LogP) is 3.90. The molecule has 0 bridgehead atoms. The molecule has 2 atom stereocenters. The van der Waals surface area contributed by atoms with Crippen LogP contribution >= 0.6 is 0 Å². The summed E-state index contributed by atoms with van der Waals surface area (Å²) in [4.78, 5) is 8.15. The molecule has 1 aliphatic heterocycles. The maximum Gasteiger partial charge on any atom is 0.424 e. The number of aliphatic imine (C=N–C) groups is 1. The second kappa shape index (κ2) is 7.18. The average Bonchev–Trinajstić information content (AvgIpc) is 2.66. The number of amidine groups is 1. The van der Waals surface area contributed by atoms with E-state index in [1.165, 1.54) is 32.2 Å². The third-order valence-electron chi connectivity index (χ3n) is 4.84. The smallest absolute Gasteiger partial charge is 0.424 e. The first kappa shape index (κ1) is 20.8. The monoisotopic (exact) mass is 412 g/mol. The molecule has 29 heavy (non-hydrogen) atoms. The lowest BCUT2D eigenvalue weighted by molar-refractivity contribution is -0.249. The Morgan fingerprint density at radius 2 is 1.97 bits per heavy atom. The number of nitrogens with zero attached hydrogens (tertiary/aromatic N) is 2. The average molecular weight is 412 g/mol. The number of halogens is 4. The van der Waals surface area contributed by atoms with E-state index in [4.69, 9.17) is 15.2 Å². The van der Waals surface area contributed by atoms with Gasteiger partial charge in [0.25, 0.3) is 0 Å². The van der Waals surface area contributed by atoms with E-state index in [-0.39, 0.29) is 5.56 Å². The molecule has 1 aromatic heterocycles. The van der Waals surface area contributed by atoms with Crippen LogP contribution in [-0.2, 0) is 10.3 Å². The molecule has 156 valence electrons. The molecule has 0 aliphatic carbocycles. The molecule has 0 saturated heterocycles. The van der Waals surface area contributed by atoms with E-state index in [0.717, 1.165) is 6.92 Å². The third kappa shape index (κ3) is 3.71. The van der Waals surface area contributed by atoms with Crippen LogP contribution in [0.2, 0.25) is 0 Å². The van der Waals surface area contributed by atoms with E-state index in [1.54, 1.807) is 18.3 Å². The van der Waals surface area contributed by atoms with Crippen molar-refractivity contribution < 1.29 is 27.0 Å². The van der Waals surface area contributed by atoms with Crippen LogP contribution in [0.4, 0.5) is 29.1 Å². The Balaban J connectivity index is 1.98. The topological polar surface area (TPSA) is 81.8 Å². The maximum absolute atomic E-state index is 14.6. The summed E-state index contributed by atoms with van der Waals surface area (Å²) in [5.74, 6) is -0.552. The number of anilines is 2. The first-order valence-electron chi connectivity index (χ1n) is 8.63. The van der Waals surface area contributed by atoms with E-state index in [0.29, 0.717) is 17.3 Å². The van der Waals surface area contributed by atoms with E-state index in [1.807, 2.05) is 0 Å². The third-order valence-corrected chi connectivity index (χ3v) is 4.84. The Labute approximate surface area is 164 Å². The second-order valence-corrected chi connectivity index (χ2v) is 6.96. The summed E-state index contributed by atoms with van der Waals surface area (Å²) in [6.45, 7) is 1.75. The number of nitrogens with two attached hydrogens (primary N) is 1. The van der Waals surface area contributed by atoms with Gasteiger partial charge in [-0.15, -0.1) is 0 Å². The van der Waals surface area contributed by atoms with Gasteiger partial charge < -0.3 is 20.5 Å². The van der Waals surface area contributed by atoms with Crippen molar-refractivity contribution >= 4 is 17.3 Å². The number of alkyl halides is 3. The fourth-order valence-corrected chi connectivity index (χ4v) is 2.93. The van der Waals surface area contributed by atoms with Crippen molar-refractivity contribution in [2.45, 2.75) is 31.2 Å². The van der Waals surface area contributed by atoms with Gasteiger partial charge in [-0.1, -0.05) is 0 Å². The molecule has 3 rings (SSSR count). The van der Waals surface area contributed by atoms with Gasteiger partial charge in [-0.25, -0.2) is 9.37 Å². The zero-order valence-electron chi connectivity index (χ0n) is 16.0. The summed E-state index contributed by atoms with van der Waals surface area (Å²) < 4.78 is 64.8. The van der Waals surface area contributed by atoms with Crippen molar-refractivity contribution in [2.24, 2.45) is 10.7 Å². The second-order valence-electron chi connectivity index (χ2n) is 6.96. The van der Waals surface area contributed by atoms with Gasteiger partial charge in [0.05, 0.1) is 13.7 Å². The molecule has 0 radical (unpaired) electrons. The van der Waals surface area contributed by atoms with Crippen LogP contribution in [0, 0.1) is 5.82 Å². The van der Waals surface area contributed by atoms with Gasteiger partial charge in [0.15, 0.2) is 11.6 Å². The Morgan fingerprint density at radius 1 is 1.24 bits per heavy atom. The number of ether oxygens (including phenoxy) is 2. The number of methoxy groups -OCH3 is 1. The Bertz CT molecular complexity index is 950. The quantitative estimate of drug-likeness (QED) is 0.745. The molecule has 0 amide bonds. The summed E-state index contributed by atoms with van der Waals surface area (Å²) in [6, 6.07) is 7.46. The molecule has 0 saturated carbocycles. The molecule has 2 heterocycles. The van der Waals surface area contributed by atoms with Crippen LogP contribution in [0.3, 0.4) is 0 Å². The summed E-state index contributed by atoms with van der Waals surface area (Å²) in [7, 11) is 1.48. The van der Waals surface area contributed by atoms with Gasteiger partial charge in [0.1, 0.15) is 17.2 Å². The van der Waals surface area contributed by atoms with Gasteiger partial charge in [0.2, 0.25) is 5.60 Å². The van der Waals surface area contributed by atoms with Crippen molar-refractivity contribution in [3.63, 3.8) is 0 Å². The summed E-state index contributed by atoms with van der Waals surface area (Å²) in [5.41, 5.74) is 1.91. The van der Waals surface area contributed by atoms with Gasteiger partial charge in [-0.05, 0) is 44.2 Å². The van der Waals surface area contributed by atoms with Crippen LogP contribution in [0.25, 0.3) is 0 Å². The molecule has 1 unspecified atom stereocenters. The van der Waals surface area contributed by atoms with E-state index >= 15 is 0 Å². The number of nitrogens with one attached hydrogen (secondary N) is 1. The lowest BCUT2D eigenvalue weighted by Gasteiger charge is -2.41. The van der Waals surface area contributed by atoms with Crippen molar-refractivity contribution in [3.05, 3.63) is 47.9 Å². The minimum atomic E-state index is -4.75. The molecule has 1 aliphatic rings. The van der Waals surface area contributed by atoms with Gasteiger partial charge in [-0.3, -0.25) is 4.99 Å². The van der Waals surface area contributed by atoms with Crippen molar-refractivity contribution in [1.82, 2.24) is 4.98 Å². The summed E-state index contributed by atoms with van der Waals surface area (Å²) >= 11 is 0. The zero-order chi connectivity index (χ0) is 21.4. The molecule has 0 fully saturated rings. The number of aromatic nitrogens is 1. The van der Waals surface area contributed by atoms with Gasteiger partial charge in [0, 0.05) is 17.4 Å². The number of rotatable bonds is 4. The fourth-order valence-electron chi connectivity index (χ4n) is 2.93. The highest BCUT2D eigenvalue weighted by atomic mass is 19.4. The highest BCUT2D eigenvalue weighted by molar-refractivity contribution is 5.90. The fraction of sp³-hybridized carbons (Fsp3) is 0.368. The van der Waals surface area contributed by atoms with Crippen LogP contribution in [0.5, 0.6) is 5.75 Å². The van der Waals surface area contributed by atoms with Crippen LogP contribution in [0.1, 0.15) is 19.4 Å². The van der Waals surface area contributed by atoms with Crippen molar-refractivity contribution in [3.8, 4) is 5.75 Å². The Hall–Kier alpha value is -2.88. The molecule has 10 heteroatoms. The molecular weight excluding hydrogens is 392 g/mol. The maximum atomic E-state index is 14.6. The molecule has 6 nitrogen and oxygen atoms in total. The highest BCUT2D eigenvalue weighted by Crippen LogP contribution is 2.42. The zero-order valence-corrected chi connectivity index (χ0v) is 16.0. The van der Waals surface area contributed by atoms with Crippen LogP contribution in [-0.4, -0.2) is 36.3 Å². The van der Waals surface area contributed by atoms with Gasteiger partial charge >= 0.3 is 6.18 Å². The largest absolute Gasteiger partial charge is 0.493 e. The molecular formula is C19H20F4N4O2. The van der Waals surface area contributed by atoms with Crippen LogP contribution in [0.15, 0.2) is 41.5 Å². The minimum absolute atomic E-state index is 0.0320. The first-order valence-corrected chi connectivity index (χ1v) is 8.63. The highest BCUT2D eigenvalue weighted by Gasteiger charge is 2.59. The standard InChI is InChI=1S/C19H20F4N4O2/c1-17(10-29-18(2,16(24)27-17)19(21,22)23)12-9-11(6-7-13(12)20)26-15-14(28-3)5-4-8-25-15/h4-9H,10H2,1-3H3,(H2,24,27)(H,25,26)/t17?,18-/m1/s1. The number of pyridine rings is 1. The Morgan fingerprint density at radius 3 is 2.59 bits per heavy atom. The first-order chi connectivity index (χ1) is 13.5. The molecule has 1 aromatic carbocycles. The van der Waals surface area contributed by atoms with Gasteiger partial charge in [-0.2, -0.15) is 13.2 Å². The lowest BCUT2D eigenvalue weighted by atomic mass is 9.89. The van der Waals surface area contributed by atoms with Crippen LogP contribution < -0.4 is 15.8 Å². The normalized spacial score (nSPS) is 24.7. The molecule has 2 aromatic rings. The lowest BCUT2D eigenvalue weighted by Crippen LogP contribution is -2.60. The number of hydrogen-bond acceptors (Lipinski definition) is 6. The molecule has 3 N–H and O–H groups in total. The SMILES string of the molecule is COc1cccnc1Nc1ccc(F)c(C2(C)CO[C@@](C)(C(F)(F)F)C(N)=N2)c1. The number of hydrogen-bond donors (Lipinski definition) is 2. The van der Waals surface area contributed by atoms with Crippen molar-refractivity contribution in [1.29, 1.82) is 0 Å². The number of benzene rings is 1. The van der Waals surface area contributed by atoms with E-state index in [9.17, 15) is 17.6 Å². The summed E-state index contributed by atoms with van der Waals surface area (Å²) in [6.07, 6.45) is -3.20. The minimum Gasteiger partial charge on any atom is -0.493 e. The molecule has 0 spiro atoms. The van der Waals surface area contributed by atoms with E-state index < -0.39 is 35.6 Å². The predicted molar refractivity (Wildman–Crippen MR) is 99.9 cm³/mol. The summed E-state index contributed by atoms with van der Waals surface area (Å²) in [5, 5.41) is 3.00.